The number of hydrogen-bond donors (Lipinski definition) is 0. The lowest BCUT2D eigenvalue weighted by atomic mass is 9.73. The third kappa shape index (κ3) is 1.70. The molecule has 90 valence electrons. The second kappa shape index (κ2) is 4.11. The summed E-state index contributed by atoms with van der Waals surface area (Å²) < 4.78 is 11.9. The molecule has 0 aromatic rings. The number of Topliss-reactive ketones (excluding diaryl/α,β-unsaturated/α-hetero) is 1. The predicted octanol–water partition coefficient (Wildman–Crippen LogP) is 2.29. The summed E-state index contributed by atoms with van der Waals surface area (Å²) in [4.78, 5) is 11.6. The number of hydrogen-bond acceptors (Lipinski definition) is 3. The molecule has 1 spiro atoms. The highest BCUT2D eigenvalue weighted by molar-refractivity contribution is 5.79. The minimum Gasteiger partial charge on any atom is -0.347 e. The minimum absolute atomic E-state index is 0.318. The molecule has 16 heavy (non-hydrogen) atoms. The van der Waals surface area contributed by atoms with Crippen LogP contribution in [0.25, 0.3) is 0 Å². The van der Waals surface area contributed by atoms with E-state index >= 15 is 0 Å². The fourth-order valence-electron chi connectivity index (χ4n) is 3.76. The van der Waals surface area contributed by atoms with Crippen LogP contribution >= 0.6 is 0 Å². The van der Waals surface area contributed by atoms with Crippen molar-refractivity contribution in [3.05, 3.63) is 0 Å². The Bertz CT molecular complexity index is 281. The summed E-state index contributed by atoms with van der Waals surface area (Å²) in [5.74, 6) is 1.11. The number of carbonyl (C=O) groups is 1. The highest BCUT2D eigenvalue weighted by Crippen LogP contribution is 2.47. The molecule has 2 atom stereocenters. The van der Waals surface area contributed by atoms with Gasteiger partial charge in [-0.15, -0.1) is 0 Å². The van der Waals surface area contributed by atoms with E-state index in [0.717, 1.165) is 38.9 Å². The second-order valence-electron chi connectivity index (χ2n) is 5.40. The Morgan fingerprint density at radius 3 is 2.75 bits per heavy atom. The van der Waals surface area contributed by atoms with E-state index in [1.165, 1.54) is 19.3 Å². The smallest absolute Gasteiger partial charge is 0.171 e. The highest BCUT2D eigenvalue weighted by Gasteiger charge is 2.50. The van der Waals surface area contributed by atoms with Crippen LogP contribution in [-0.2, 0) is 14.3 Å². The Labute approximate surface area is 96.5 Å². The summed E-state index contributed by atoms with van der Waals surface area (Å²) in [5.41, 5.74) is 0. The topological polar surface area (TPSA) is 35.5 Å². The fourth-order valence-corrected chi connectivity index (χ4v) is 3.76. The van der Waals surface area contributed by atoms with Crippen molar-refractivity contribution in [3.8, 4) is 0 Å². The van der Waals surface area contributed by atoms with Gasteiger partial charge in [-0.1, -0.05) is 6.42 Å². The number of carbonyl (C=O) groups excluding carboxylic acids is 1. The lowest BCUT2D eigenvalue weighted by Gasteiger charge is -2.40. The summed E-state index contributed by atoms with van der Waals surface area (Å²) >= 11 is 0. The molecule has 2 saturated carbocycles. The van der Waals surface area contributed by atoms with Gasteiger partial charge in [0.25, 0.3) is 0 Å². The molecule has 1 aliphatic heterocycles. The van der Waals surface area contributed by atoms with E-state index < -0.39 is 0 Å². The van der Waals surface area contributed by atoms with E-state index in [4.69, 9.17) is 9.47 Å². The first-order valence-corrected chi connectivity index (χ1v) is 6.60. The zero-order chi connectivity index (χ0) is 11.0. The lowest BCUT2D eigenvalue weighted by Crippen LogP contribution is -2.44. The van der Waals surface area contributed by atoms with Gasteiger partial charge in [0.1, 0.15) is 5.78 Å². The maximum atomic E-state index is 11.6. The van der Waals surface area contributed by atoms with Gasteiger partial charge in [-0.05, 0) is 25.2 Å². The number of rotatable bonds is 0. The first-order chi connectivity index (χ1) is 7.80. The lowest BCUT2D eigenvalue weighted by molar-refractivity contribution is -0.213. The molecule has 1 saturated heterocycles. The van der Waals surface area contributed by atoms with Crippen molar-refractivity contribution in [2.75, 3.05) is 13.2 Å². The Hall–Kier alpha value is -0.410. The van der Waals surface area contributed by atoms with Crippen molar-refractivity contribution in [3.63, 3.8) is 0 Å². The van der Waals surface area contributed by atoms with Gasteiger partial charge < -0.3 is 9.47 Å². The van der Waals surface area contributed by atoms with Crippen LogP contribution in [0.1, 0.15) is 44.9 Å². The van der Waals surface area contributed by atoms with E-state index in [0.29, 0.717) is 17.6 Å². The van der Waals surface area contributed by atoms with Crippen LogP contribution in [0.5, 0.6) is 0 Å². The molecule has 3 nitrogen and oxygen atoms in total. The Kier molecular flexibility index (Phi) is 2.76. The molecule has 0 N–H and O–H groups in total. The van der Waals surface area contributed by atoms with Crippen LogP contribution in [0.2, 0.25) is 0 Å². The third-order valence-corrected chi connectivity index (χ3v) is 4.48. The maximum absolute atomic E-state index is 11.6. The number of ether oxygens (including phenoxy) is 2. The molecule has 0 radical (unpaired) electrons. The van der Waals surface area contributed by atoms with E-state index in [-0.39, 0.29) is 5.79 Å². The van der Waals surface area contributed by atoms with Crippen LogP contribution in [0, 0.1) is 11.8 Å². The van der Waals surface area contributed by atoms with Crippen LogP contribution in [0.3, 0.4) is 0 Å². The van der Waals surface area contributed by atoms with Crippen molar-refractivity contribution >= 4 is 5.78 Å². The number of ketones is 1. The maximum Gasteiger partial charge on any atom is 0.171 e. The molecule has 3 rings (SSSR count). The van der Waals surface area contributed by atoms with Gasteiger partial charge >= 0.3 is 0 Å². The van der Waals surface area contributed by atoms with E-state index in [9.17, 15) is 4.79 Å². The molecule has 3 heteroatoms. The summed E-state index contributed by atoms with van der Waals surface area (Å²) in [6, 6.07) is 0. The molecule has 3 fully saturated rings. The van der Waals surface area contributed by atoms with Gasteiger partial charge in [0.15, 0.2) is 5.79 Å². The van der Waals surface area contributed by atoms with Gasteiger partial charge in [-0.2, -0.15) is 0 Å². The summed E-state index contributed by atoms with van der Waals surface area (Å²) in [5, 5.41) is 0. The Morgan fingerprint density at radius 2 is 1.94 bits per heavy atom. The normalized spacial score (nSPS) is 38.4. The average molecular weight is 224 g/mol. The molecule has 0 aromatic heterocycles. The monoisotopic (exact) mass is 224 g/mol. The number of fused-ring (bicyclic) bond motifs is 2. The van der Waals surface area contributed by atoms with Crippen molar-refractivity contribution in [2.45, 2.75) is 50.7 Å². The van der Waals surface area contributed by atoms with E-state index in [2.05, 4.69) is 0 Å². The van der Waals surface area contributed by atoms with Crippen molar-refractivity contribution in [1.29, 1.82) is 0 Å². The largest absolute Gasteiger partial charge is 0.347 e. The fraction of sp³-hybridized carbons (Fsp3) is 0.923. The first-order valence-electron chi connectivity index (χ1n) is 6.60. The minimum atomic E-state index is -0.318. The van der Waals surface area contributed by atoms with Crippen LogP contribution in [0.4, 0.5) is 0 Å². The van der Waals surface area contributed by atoms with Crippen LogP contribution in [-0.4, -0.2) is 24.8 Å². The molecule has 1 heterocycles. The molecule has 3 aliphatic rings. The molecule has 0 unspecified atom stereocenters. The predicted molar refractivity (Wildman–Crippen MR) is 58.9 cm³/mol. The highest BCUT2D eigenvalue weighted by atomic mass is 16.7. The zero-order valence-electron chi connectivity index (χ0n) is 9.74. The molecular weight excluding hydrogens is 204 g/mol. The van der Waals surface area contributed by atoms with E-state index in [1.54, 1.807) is 0 Å². The third-order valence-electron chi connectivity index (χ3n) is 4.48. The Balaban J connectivity index is 1.85. The standard InChI is InChI=1S/C13H20O3/c14-11-4-5-12-10(9-11)3-1-2-6-13(12)15-7-8-16-13/h10,12H,1-9H2/t10-,12-/m0/s1. The SMILES string of the molecule is O=C1CC[C@H]2[C@@H](CCCCC23OCCO3)C1. The van der Waals surface area contributed by atoms with Crippen molar-refractivity contribution in [1.82, 2.24) is 0 Å². The molecule has 2 aliphatic carbocycles. The molecule has 0 bridgehead atoms. The van der Waals surface area contributed by atoms with Gasteiger partial charge in [0, 0.05) is 25.2 Å². The second-order valence-corrected chi connectivity index (χ2v) is 5.40. The molecule has 0 aromatic carbocycles. The summed E-state index contributed by atoms with van der Waals surface area (Å²) in [7, 11) is 0. The van der Waals surface area contributed by atoms with Crippen molar-refractivity contribution < 1.29 is 14.3 Å². The van der Waals surface area contributed by atoms with Gasteiger partial charge in [0.05, 0.1) is 13.2 Å². The molecular formula is C13H20O3. The van der Waals surface area contributed by atoms with Gasteiger partial charge in [-0.25, -0.2) is 0 Å². The van der Waals surface area contributed by atoms with Crippen molar-refractivity contribution in [2.24, 2.45) is 11.8 Å². The quantitative estimate of drug-likeness (QED) is 0.633. The van der Waals surface area contributed by atoms with Crippen LogP contribution in [0.15, 0.2) is 0 Å². The zero-order valence-corrected chi connectivity index (χ0v) is 9.74. The summed E-state index contributed by atoms with van der Waals surface area (Å²) in [6.45, 7) is 1.47. The summed E-state index contributed by atoms with van der Waals surface area (Å²) in [6.07, 6.45) is 7.09. The Morgan fingerprint density at radius 1 is 1.12 bits per heavy atom. The molecule has 0 amide bonds. The first kappa shape index (κ1) is 10.7. The van der Waals surface area contributed by atoms with Crippen LogP contribution < -0.4 is 0 Å². The van der Waals surface area contributed by atoms with Gasteiger partial charge in [0.2, 0.25) is 0 Å². The van der Waals surface area contributed by atoms with E-state index in [1.807, 2.05) is 0 Å². The average Bonchev–Trinajstić information content (AvgIpc) is 2.66. The van der Waals surface area contributed by atoms with Gasteiger partial charge in [-0.3, -0.25) is 4.79 Å².